The minimum Gasteiger partial charge on any atom is -0.504 e. The summed E-state index contributed by atoms with van der Waals surface area (Å²) in [5, 5.41) is 22.3. The van der Waals surface area contributed by atoms with Crippen LogP contribution in [0.4, 0.5) is 0 Å². The zero-order valence-electron chi connectivity index (χ0n) is 13.4. The molecule has 0 radical (unpaired) electrons. The Hall–Kier alpha value is -2.55. The van der Waals surface area contributed by atoms with Gasteiger partial charge < -0.3 is 19.9 Å². The third kappa shape index (κ3) is 3.32. The fourth-order valence-corrected chi connectivity index (χ4v) is 4.66. The van der Waals surface area contributed by atoms with E-state index in [1.54, 1.807) is 6.92 Å². The zero-order valence-corrected chi connectivity index (χ0v) is 14.2. The van der Waals surface area contributed by atoms with Crippen LogP contribution in [0.25, 0.3) is 11.0 Å². The van der Waals surface area contributed by atoms with Gasteiger partial charge in [-0.15, -0.1) is 0 Å². The SMILES string of the molecule is Cc1c(CC(=O)NC2CCS(=O)(=O)C2)c(=O)oc2c(O)c(O)ccc12. The second-order valence-electron chi connectivity index (χ2n) is 6.15. The first-order valence-corrected chi connectivity index (χ1v) is 9.47. The molecule has 3 rings (SSSR count). The molecule has 2 heterocycles. The standard InChI is InChI=1S/C16H17NO7S/c1-8-10-2-3-12(18)14(20)15(10)24-16(21)11(8)6-13(19)17-9-4-5-25(22,23)7-9/h2-3,9,18,20H,4-7H2,1H3,(H,17,19). The van der Waals surface area contributed by atoms with Crippen molar-refractivity contribution in [1.82, 2.24) is 5.32 Å². The quantitative estimate of drug-likeness (QED) is 0.527. The second kappa shape index (κ2) is 6.07. The van der Waals surface area contributed by atoms with E-state index in [1.807, 2.05) is 0 Å². The lowest BCUT2D eigenvalue weighted by Gasteiger charge is -2.12. The predicted molar refractivity (Wildman–Crippen MR) is 89.5 cm³/mol. The number of fused-ring (bicyclic) bond motifs is 1. The summed E-state index contributed by atoms with van der Waals surface area (Å²) in [5.41, 5.74) is -0.361. The Kier molecular flexibility index (Phi) is 4.19. The van der Waals surface area contributed by atoms with Gasteiger partial charge in [-0.1, -0.05) is 0 Å². The summed E-state index contributed by atoms with van der Waals surface area (Å²) in [6.45, 7) is 1.61. The van der Waals surface area contributed by atoms with Gasteiger partial charge in [0.25, 0.3) is 0 Å². The third-order valence-corrected chi connectivity index (χ3v) is 6.11. The number of carbonyl (C=O) groups excluding carboxylic acids is 1. The number of phenolic OH excluding ortho intramolecular Hbond substituents is 2. The van der Waals surface area contributed by atoms with Crippen LogP contribution in [0.15, 0.2) is 21.3 Å². The van der Waals surface area contributed by atoms with Crippen molar-refractivity contribution in [3.63, 3.8) is 0 Å². The summed E-state index contributed by atoms with van der Waals surface area (Å²) in [4.78, 5) is 24.3. The number of hydrogen-bond acceptors (Lipinski definition) is 7. The highest BCUT2D eigenvalue weighted by Crippen LogP contribution is 2.34. The van der Waals surface area contributed by atoms with Crippen molar-refractivity contribution in [2.45, 2.75) is 25.8 Å². The van der Waals surface area contributed by atoms with E-state index in [-0.39, 0.29) is 29.1 Å². The van der Waals surface area contributed by atoms with Gasteiger partial charge in [0.2, 0.25) is 11.7 Å². The number of phenols is 2. The van der Waals surface area contributed by atoms with Gasteiger partial charge in [0.05, 0.1) is 23.5 Å². The van der Waals surface area contributed by atoms with Crippen LogP contribution in [-0.4, -0.2) is 42.1 Å². The van der Waals surface area contributed by atoms with E-state index < -0.39 is 38.9 Å². The summed E-state index contributed by atoms with van der Waals surface area (Å²) >= 11 is 0. The zero-order chi connectivity index (χ0) is 18.4. The van der Waals surface area contributed by atoms with Crippen molar-refractivity contribution < 1.29 is 27.8 Å². The van der Waals surface area contributed by atoms with E-state index in [2.05, 4.69) is 5.32 Å². The average molecular weight is 367 g/mol. The van der Waals surface area contributed by atoms with Crippen LogP contribution in [0.2, 0.25) is 0 Å². The van der Waals surface area contributed by atoms with Crippen molar-refractivity contribution in [1.29, 1.82) is 0 Å². The number of nitrogens with one attached hydrogen (secondary N) is 1. The molecule has 1 aromatic heterocycles. The van der Waals surface area contributed by atoms with Crippen LogP contribution in [0.3, 0.4) is 0 Å². The van der Waals surface area contributed by atoms with Gasteiger partial charge in [-0.2, -0.15) is 0 Å². The number of rotatable bonds is 3. The maximum atomic E-state index is 12.2. The Balaban J connectivity index is 1.88. The summed E-state index contributed by atoms with van der Waals surface area (Å²) in [6, 6.07) is 2.29. The van der Waals surface area contributed by atoms with Crippen LogP contribution < -0.4 is 10.9 Å². The van der Waals surface area contributed by atoms with Crippen LogP contribution in [0, 0.1) is 6.92 Å². The van der Waals surface area contributed by atoms with Gasteiger partial charge in [0.15, 0.2) is 21.2 Å². The first kappa shape index (κ1) is 17.3. The van der Waals surface area contributed by atoms with Crippen LogP contribution in [-0.2, 0) is 21.1 Å². The lowest BCUT2D eigenvalue weighted by Crippen LogP contribution is -2.37. The average Bonchev–Trinajstić information content (AvgIpc) is 2.86. The molecule has 9 heteroatoms. The van der Waals surface area contributed by atoms with Crippen molar-refractivity contribution in [2.75, 3.05) is 11.5 Å². The van der Waals surface area contributed by atoms with Gasteiger partial charge >= 0.3 is 5.63 Å². The smallest absolute Gasteiger partial charge is 0.340 e. The second-order valence-corrected chi connectivity index (χ2v) is 8.38. The highest BCUT2D eigenvalue weighted by atomic mass is 32.2. The molecular weight excluding hydrogens is 350 g/mol. The van der Waals surface area contributed by atoms with E-state index in [4.69, 9.17) is 4.42 Å². The summed E-state index contributed by atoms with van der Waals surface area (Å²) in [5.74, 6) is -1.48. The topological polar surface area (TPSA) is 134 Å². The van der Waals surface area contributed by atoms with Crippen molar-refractivity contribution in [3.8, 4) is 11.5 Å². The van der Waals surface area contributed by atoms with Gasteiger partial charge in [0.1, 0.15) is 0 Å². The molecule has 0 bridgehead atoms. The number of aryl methyl sites for hydroxylation is 1. The van der Waals surface area contributed by atoms with Crippen molar-refractivity contribution in [2.24, 2.45) is 0 Å². The van der Waals surface area contributed by atoms with E-state index in [9.17, 15) is 28.2 Å². The molecule has 1 aromatic carbocycles. The monoisotopic (exact) mass is 367 g/mol. The van der Waals surface area contributed by atoms with Crippen molar-refractivity contribution in [3.05, 3.63) is 33.7 Å². The highest BCUT2D eigenvalue weighted by Gasteiger charge is 2.29. The largest absolute Gasteiger partial charge is 0.504 e. The number of amides is 1. The third-order valence-electron chi connectivity index (χ3n) is 4.34. The van der Waals surface area contributed by atoms with Gasteiger partial charge in [-0.25, -0.2) is 13.2 Å². The molecule has 0 aliphatic carbocycles. The highest BCUT2D eigenvalue weighted by molar-refractivity contribution is 7.91. The first-order valence-electron chi connectivity index (χ1n) is 7.65. The molecule has 1 unspecified atom stereocenters. The van der Waals surface area contributed by atoms with Crippen LogP contribution in [0.5, 0.6) is 11.5 Å². The first-order chi connectivity index (χ1) is 11.7. The Bertz CT molecular complexity index is 1020. The molecular formula is C16H17NO7S. The fourth-order valence-electron chi connectivity index (χ4n) is 2.98. The van der Waals surface area contributed by atoms with E-state index in [0.717, 1.165) is 0 Å². The van der Waals surface area contributed by atoms with Crippen LogP contribution in [0.1, 0.15) is 17.5 Å². The Labute approximate surface area is 143 Å². The molecule has 1 aliphatic heterocycles. The Morgan fingerprint density at radius 3 is 2.72 bits per heavy atom. The molecule has 1 amide bonds. The molecule has 1 saturated heterocycles. The minimum absolute atomic E-state index is 0.0395. The predicted octanol–water partition coefficient (Wildman–Crippen LogP) is 0.358. The molecule has 1 aliphatic rings. The lowest BCUT2D eigenvalue weighted by molar-refractivity contribution is -0.121. The minimum atomic E-state index is -3.11. The molecule has 1 fully saturated rings. The molecule has 0 spiro atoms. The molecule has 134 valence electrons. The Morgan fingerprint density at radius 1 is 1.36 bits per heavy atom. The summed E-state index contributed by atoms with van der Waals surface area (Å²) < 4.78 is 27.9. The van der Waals surface area contributed by atoms with E-state index in [1.165, 1.54) is 12.1 Å². The fraction of sp³-hybridized carbons (Fsp3) is 0.375. The normalized spacial score (nSPS) is 19.2. The summed E-state index contributed by atoms with van der Waals surface area (Å²) in [7, 11) is -3.11. The maximum Gasteiger partial charge on any atom is 0.340 e. The molecule has 0 saturated carbocycles. The van der Waals surface area contributed by atoms with Gasteiger partial charge in [-0.3, -0.25) is 4.79 Å². The Morgan fingerprint density at radius 2 is 2.08 bits per heavy atom. The van der Waals surface area contributed by atoms with E-state index in [0.29, 0.717) is 17.4 Å². The van der Waals surface area contributed by atoms with E-state index >= 15 is 0 Å². The number of aromatic hydroxyl groups is 2. The number of hydrogen-bond donors (Lipinski definition) is 3. The number of benzene rings is 1. The van der Waals surface area contributed by atoms with Gasteiger partial charge in [-0.05, 0) is 31.0 Å². The summed E-state index contributed by atoms with van der Waals surface area (Å²) in [6.07, 6.45) is 0.0921. The molecule has 8 nitrogen and oxygen atoms in total. The number of sulfone groups is 1. The molecule has 25 heavy (non-hydrogen) atoms. The van der Waals surface area contributed by atoms with Gasteiger partial charge in [0, 0.05) is 11.4 Å². The van der Waals surface area contributed by atoms with Crippen LogP contribution >= 0.6 is 0 Å². The maximum absolute atomic E-state index is 12.2. The molecule has 1 atom stereocenters. The lowest BCUT2D eigenvalue weighted by atomic mass is 10.0. The number of carbonyl (C=O) groups is 1. The molecule has 2 aromatic rings. The molecule has 3 N–H and O–H groups in total. The van der Waals surface area contributed by atoms with Crippen molar-refractivity contribution >= 4 is 26.7 Å².